The molecule has 0 saturated carbocycles. The molecule has 1 heterocycles. The van der Waals surface area contributed by atoms with Crippen LogP contribution >= 0.6 is 0 Å². The third kappa shape index (κ3) is 3.28. The Balaban J connectivity index is 2.20. The van der Waals surface area contributed by atoms with E-state index in [-0.39, 0.29) is 0 Å². The molecule has 1 fully saturated rings. The van der Waals surface area contributed by atoms with Gasteiger partial charge in [-0.2, -0.15) is 0 Å². The van der Waals surface area contributed by atoms with E-state index in [0.29, 0.717) is 18.6 Å². The maximum atomic E-state index is 9.30. The van der Waals surface area contributed by atoms with Crippen LogP contribution in [0.15, 0.2) is 24.3 Å². The molecule has 0 radical (unpaired) electrons. The Morgan fingerprint density at radius 2 is 2.16 bits per heavy atom. The molecule has 1 aromatic rings. The summed E-state index contributed by atoms with van der Waals surface area (Å²) < 4.78 is 0. The SMILES string of the molecule is CCNC(CC)c1ccccc1N1CCC(CO)C1. The van der Waals surface area contributed by atoms with Crippen molar-refractivity contribution < 1.29 is 5.11 Å². The van der Waals surface area contributed by atoms with Gasteiger partial charge in [0.05, 0.1) is 0 Å². The van der Waals surface area contributed by atoms with Crippen LogP contribution in [0.25, 0.3) is 0 Å². The highest BCUT2D eigenvalue weighted by Gasteiger charge is 2.24. The molecular formula is C16H26N2O. The molecule has 1 saturated heterocycles. The van der Waals surface area contributed by atoms with Crippen molar-refractivity contribution in [2.45, 2.75) is 32.7 Å². The highest BCUT2D eigenvalue weighted by atomic mass is 16.3. The van der Waals surface area contributed by atoms with Gasteiger partial charge in [0.1, 0.15) is 0 Å². The molecule has 0 bridgehead atoms. The van der Waals surface area contributed by atoms with E-state index in [9.17, 15) is 5.11 Å². The molecule has 0 spiro atoms. The summed E-state index contributed by atoms with van der Waals surface area (Å²) in [4.78, 5) is 2.43. The standard InChI is InChI=1S/C16H26N2O/c1-3-15(17-4-2)14-7-5-6-8-16(14)18-10-9-13(11-18)12-19/h5-8,13,15,17,19H,3-4,9-12H2,1-2H3. The zero-order valence-electron chi connectivity index (χ0n) is 12.1. The Morgan fingerprint density at radius 3 is 2.79 bits per heavy atom. The minimum atomic E-state index is 0.309. The summed E-state index contributed by atoms with van der Waals surface area (Å²) in [7, 11) is 0. The Morgan fingerprint density at radius 1 is 1.37 bits per heavy atom. The maximum absolute atomic E-state index is 9.30. The first-order valence-electron chi connectivity index (χ1n) is 7.48. The molecule has 106 valence electrons. The summed E-state index contributed by atoms with van der Waals surface area (Å²) in [5, 5.41) is 12.9. The van der Waals surface area contributed by atoms with Crippen LogP contribution in [0.2, 0.25) is 0 Å². The lowest BCUT2D eigenvalue weighted by atomic mass is 10.0. The molecule has 2 unspecified atom stereocenters. The third-order valence-electron chi connectivity index (χ3n) is 4.06. The number of hydrogen-bond donors (Lipinski definition) is 2. The quantitative estimate of drug-likeness (QED) is 0.827. The average molecular weight is 262 g/mol. The summed E-state index contributed by atoms with van der Waals surface area (Å²) in [6.45, 7) is 7.73. The minimum Gasteiger partial charge on any atom is -0.396 e. The molecule has 1 aromatic carbocycles. The van der Waals surface area contributed by atoms with Gasteiger partial charge in [-0.05, 0) is 31.0 Å². The lowest BCUT2D eigenvalue weighted by molar-refractivity contribution is 0.238. The van der Waals surface area contributed by atoms with E-state index in [1.54, 1.807) is 0 Å². The summed E-state index contributed by atoms with van der Waals surface area (Å²) in [5.41, 5.74) is 2.73. The predicted octanol–water partition coefficient (Wildman–Crippen LogP) is 2.57. The number of nitrogens with zero attached hydrogens (tertiary/aromatic N) is 1. The fourth-order valence-corrected chi connectivity index (χ4v) is 2.99. The van der Waals surface area contributed by atoms with Crippen molar-refractivity contribution >= 4 is 5.69 Å². The number of rotatable bonds is 6. The average Bonchev–Trinajstić information content (AvgIpc) is 2.93. The van der Waals surface area contributed by atoms with Crippen molar-refractivity contribution in [2.24, 2.45) is 5.92 Å². The molecule has 1 aliphatic rings. The first kappa shape index (κ1) is 14.4. The van der Waals surface area contributed by atoms with Crippen molar-refractivity contribution in [3.63, 3.8) is 0 Å². The summed E-state index contributed by atoms with van der Waals surface area (Å²) in [6, 6.07) is 9.12. The molecule has 2 atom stereocenters. The van der Waals surface area contributed by atoms with Crippen LogP contribution < -0.4 is 10.2 Å². The third-order valence-corrected chi connectivity index (χ3v) is 4.06. The van der Waals surface area contributed by atoms with Crippen molar-refractivity contribution in [1.29, 1.82) is 0 Å². The van der Waals surface area contributed by atoms with Crippen molar-refractivity contribution in [2.75, 3.05) is 31.1 Å². The monoisotopic (exact) mass is 262 g/mol. The first-order valence-corrected chi connectivity index (χ1v) is 7.48. The van der Waals surface area contributed by atoms with Gasteiger partial charge in [0.15, 0.2) is 0 Å². The molecule has 2 N–H and O–H groups in total. The number of nitrogens with one attached hydrogen (secondary N) is 1. The number of anilines is 1. The topological polar surface area (TPSA) is 35.5 Å². The lowest BCUT2D eigenvalue weighted by Crippen LogP contribution is -2.26. The number of aliphatic hydroxyl groups excluding tert-OH is 1. The first-order chi connectivity index (χ1) is 9.30. The Kier molecular flexibility index (Phi) is 5.23. The van der Waals surface area contributed by atoms with Crippen LogP contribution in [0.1, 0.15) is 38.3 Å². The van der Waals surface area contributed by atoms with E-state index < -0.39 is 0 Å². The largest absolute Gasteiger partial charge is 0.396 e. The van der Waals surface area contributed by atoms with Gasteiger partial charge in [0.25, 0.3) is 0 Å². The number of para-hydroxylation sites is 1. The Bertz CT molecular complexity index is 394. The van der Waals surface area contributed by atoms with Gasteiger partial charge >= 0.3 is 0 Å². The highest BCUT2D eigenvalue weighted by molar-refractivity contribution is 5.55. The van der Waals surface area contributed by atoms with Crippen LogP contribution in [-0.2, 0) is 0 Å². The maximum Gasteiger partial charge on any atom is 0.0476 e. The van der Waals surface area contributed by atoms with E-state index in [2.05, 4.69) is 48.3 Å². The van der Waals surface area contributed by atoms with E-state index in [0.717, 1.165) is 32.5 Å². The van der Waals surface area contributed by atoms with Gasteiger partial charge in [-0.1, -0.05) is 32.0 Å². The van der Waals surface area contributed by atoms with Crippen LogP contribution in [0.4, 0.5) is 5.69 Å². The van der Waals surface area contributed by atoms with E-state index in [1.807, 2.05) is 0 Å². The van der Waals surface area contributed by atoms with Crippen molar-refractivity contribution in [1.82, 2.24) is 5.32 Å². The Hall–Kier alpha value is -1.06. The zero-order chi connectivity index (χ0) is 13.7. The molecule has 3 nitrogen and oxygen atoms in total. The van der Waals surface area contributed by atoms with Gasteiger partial charge in [-0.25, -0.2) is 0 Å². The molecule has 0 aliphatic carbocycles. The molecule has 0 aromatic heterocycles. The lowest BCUT2D eigenvalue weighted by Gasteiger charge is -2.26. The van der Waals surface area contributed by atoms with Gasteiger partial charge in [0, 0.05) is 37.3 Å². The van der Waals surface area contributed by atoms with Gasteiger partial charge in [-0.3, -0.25) is 0 Å². The smallest absolute Gasteiger partial charge is 0.0476 e. The summed E-state index contributed by atoms with van der Waals surface area (Å²) >= 11 is 0. The van der Waals surface area contributed by atoms with E-state index in [1.165, 1.54) is 11.3 Å². The van der Waals surface area contributed by atoms with E-state index in [4.69, 9.17) is 0 Å². The fourth-order valence-electron chi connectivity index (χ4n) is 2.99. The van der Waals surface area contributed by atoms with Crippen LogP contribution in [0, 0.1) is 5.92 Å². The van der Waals surface area contributed by atoms with Crippen molar-refractivity contribution in [3.05, 3.63) is 29.8 Å². The Labute approximate surface area is 116 Å². The molecule has 3 heteroatoms. The van der Waals surface area contributed by atoms with Gasteiger partial charge < -0.3 is 15.3 Å². The second-order valence-electron chi connectivity index (χ2n) is 5.36. The van der Waals surface area contributed by atoms with E-state index >= 15 is 0 Å². The second-order valence-corrected chi connectivity index (χ2v) is 5.36. The van der Waals surface area contributed by atoms with Crippen LogP contribution in [0.3, 0.4) is 0 Å². The minimum absolute atomic E-state index is 0.309. The van der Waals surface area contributed by atoms with Crippen LogP contribution in [0.5, 0.6) is 0 Å². The fraction of sp³-hybridized carbons (Fsp3) is 0.625. The zero-order valence-corrected chi connectivity index (χ0v) is 12.1. The highest BCUT2D eigenvalue weighted by Crippen LogP contribution is 2.31. The summed E-state index contributed by atoms with van der Waals surface area (Å²) in [5.74, 6) is 0.437. The molecule has 1 aliphatic heterocycles. The number of aliphatic hydroxyl groups is 1. The molecule has 19 heavy (non-hydrogen) atoms. The number of benzene rings is 1. The normalized spacial score (nSPS) is 20.8. The van der Waals surface area contributed by atoms with Gasteiger partial charge in [0.2, 0.25) is 0 Å². The van der Waals surface area contributed by atoms with Gasteiger partial charge in [-0.15, -0.1) is 0 Å². The van der Waals surface area contributed by atoms with Crippen molar-refractivity contribution in [3.8, 4) is 0 Å². The summed E-state index contributed by atoms with van der Waals surface area (Å²) in [6.07, 6.45) is 2.20. The molecule has 2 rings (SSSR count). The predicted molar refractivity (Wildman–Crippen MR) is 80.6 cm³/mol. The second kappa shape index (κ2) is 6.92. The van der Waals surface area contributed by atoms with Crippen LogP contribution in [-0.4, -0.2) is 31.3 Å². The molecular weight excluding hydrogens is 236 g/mol. The molecule has 0 amide bonds. The number of hydrogen-bond acceptors (Lipinski definition) is 3.